The number of ether oxygens (including phenoxy) is 1. The molecule has 4 nitrogen and oxygen atoms in total. The third-order valence-corrected chi connectivity index (χ3v) is 5.09. The number of hydrogen-bond donors (Lipinski definition) is 1. The van der Waals surface area contributed by atoms with Gasteiger partial charge in [0.25, 0.3) is 0 Å². The summed E-state index contributed by atoms with van der Waals surface area (Å²) in [6, 6.07) is 10.3. The summed E-state index contributed by atoms with van der Waals surface area (Å²) in [5, 5.41) is 3.25. The van der Waals surface area contributed by atoms with Crippen LogP contribution in [0.25, 0.3) is 0 Å². The van der Waals surface area contributed by atoms with E-state index in [1.54, 1.807) is 35.6 Å². The van der Waals surface area contributed by atoms with Gasteiger partial charge in [0.1, 0.15) is 12.4 Å². The molecular weight excluding hydrogens is 330 g/mol. The second kappa shape index (κ2) is 7.26. The van der Waals surface area contributed by atoms with Gasteiger partial charge >= 0.3 is 0 Å². The van der Waals surface area contributed by atoms with Gasteiger partial charge in [-0.1, -0.05) is 11.6 Å². The maximum absolute atomic E-state index is 11.3. The molecule has 7 heteroatoms. The lowest BCUT2D eigenvalue weighted by Gasteiger charge is -2.07. The van der Waals surface area contributed by atoms with Gasteiger partial charge in [0, 0.05) is 24.2 Å². The first-order chi connectivity index (χ1) is 9.95. The Morgan fingerprint density at radius 3 is 2.48 bits per heavy atom. The van der Waals surface area contributed by atoms with Gasteiger partial charge < -0.3 is 10.1 Å². The lowest BCUT2D eigenvalue weighted by atomic mass is 10.3. The molecule has 2 aromatic rings. The number of benzene rings is 1. The van der Waals surface area contributed by atoms with Crippen LogP contribution in [0.1, 0.15) is 4.88 Å². The molecular formula is C14H16ClNO3S2. The minimum atomic E-state index is -3.15. The highest BCUT2D eigenvalue weighted by atomic mass is 35.5. The molecule has 0 aliphatic heterocycles. The van der Waals surface area contributed by atoms with Gasteiger partial charge in [-0.3, -0.25) is 0 Å². The molecule has 0 saturated carbocycles. The van der Waals surface area contributed by atoms with Crippen LogP contribution in [0.15, 0.2) is 41.3 Å². The lowest BCUT2D eigenvalue weighted by molar-refractivity contribution is 0.313. The van der Waals surface area contributed by atoms with Crippen LogP contribution < -0.4 is 10.1 Å². The number of nitrogens with one attached hydrogen (secondary N) is 1. The largest absolute Gasteiger partial charge is 0.492 e. The van der Waals surface area contributed by atoms with Crippen LogP contribution in [-0.4, -0.2) is 27.8 Å². The fourth-order valence-corrected chi connectivity index (χ4v) is 3.37. The van der Waals surface area contributed by atoms with Crippen LogP contribution in [0, 0.1) is 0 Å². The fraction of sp³-hybridized carbons (Fsp3) is 0.286. The Bertz CT molecular complexity index is 680. The lowest BCUT2D eigenvalue weighted by Crippen LogP contribution is -2.20. The second-order valence-electron chi connectivity index (χ2n) is 4.47. The first-order valence-electron chi connectivity index (χ1n) is 6.33. The highest BCUT2D eigenvalue weighted by molar-refractivity contribution is 7.90. The Labute approximate surface area is 133 Å². The Morgan fingerprint density at radius 1 is 1.19 bits per heavy atom. The molecule has 1 N–H and O–H groups in total. The molecule has 0 saturated heterocycles. The maximum atomic E-state index is 11.3. The summed E-state index contributed by atoms with van der Waals surface area (Å²) in [5.41, 5.74) is 0. The van der Waals surface area contributed by atoms with Gasteiger partial charge in [-0.15, -0.1) is 11.3 Å². The molecule has 0 radical (unpaired) electrons. The third kappa shape index (κ3) is 5.32. The van der Waals surface area contributed by atoms with E-state index in [4.69, 9.17) is 16.3 Å². The number of thiophene rings is 1. The second-order valence-corrected chi connectivity index (χ2v) is 8.29. The van der Waals surface area contributed by atoms with Crippen molar-refractivity contribution in [2.45, 2.75) is 11.4 Å². The van der Waals surface area contributed by atoms with Crippen LogP contribution in [0.3, 0.4) is 0 Å². The van der Waals surface area contributed by atoms with Crippen molar-refractivity contribution >= 4 is 32.8 Å². The SMILES string of the molecule is CS(=O)(=O)c1ccc(OCCNCc2ccc(Cl)s2)cc1. The van der Waals surface area contributed by atoms with Crippen molar-refractivity contribution in [3.05, 3.63) is 45.6 Å². The van der Waals surface area contributed by atoms with Crippen LogP contribution in [0.2, 0.25) is 4.34 Å². The van der Waals surface area contributed by atoms with Crippen LogP contribution >= 0.6 is 22.9 Å². The Hall–Kier alpha value is -1.08. The molecule has 0 atom stereocenters. The highest BCUT2D eigenvalue weighted by Gasteiger charge is 2.06. The molecule has 2 rings (SSSR count). The molecule has 0 unspecified atom stereocenters. The summed E-state index contributed by atoms with van der Waals surface area (Å²) in [5.74, 6) is 0.656. The molecule has 114 valence electrons. The van der Waals surface area contributed by atoms with E-state index in [0.717, 1.165) is 10.9 Å². The standard InChI is InChI=1S/C14H16ClNO3S2/c1-21(17,18)13-5-2-11(3-6-13)19-9-8-16-10-12-4-7-14(15)20-12/h2-7,16H,8-10H2,1H3. The van der Waals surface area contributed by atoms with E-state index in [2.05, 4.69) is 5.32 Å². The van der Waals surface area contributed by atoms with Crippen molar-refractivity contribution in [1.82, 2.24) is 5.32 Å². The first kappa shape index (κ1) is 16.3. The normalized spacial score (nSPS) is 11.5. The summed E-state index contributed by atoms with van der Waals surface area (Å²) < 4.78 is 29.0. The molecule has 0 amide bonds. The van der Waals surface area contributed by atoms with E-state index >= 15 is 0 Å². The van der Waals surface area contributed by atoms with E-state index in [1.807, 2.05) is 12.1 Å². The van der Waals surface area contributed by atoms with E-state index in [9.17, 15) is 8.42 Å². The number of halogens is 1. The molecule has 0 aliphatic rings. The van der Waals surface area contributed by atoms with E-state index < -0.39 is 9.84 Å². The third-order valence-electron chi connectivity index (χ3n) is 2.73. The van der Waals surface area contributed by atoms with Gasteiger partial charge in [0.05, 0.1) is 9.23 Å². The van der Waals surface area contributed by atoms with Crippen LogP contribution in [0.5, 0.6) is 5.75 Å². The van der Waals surface area contributed by atoms with Gasteiger partial charge in [-0.25, -0.2) is 8.42 Å². The zero-order chi connectivity index (χ0) is 15.3. The van der Waals surface area contributed by atoms with Gasteiger partial charge in [-0.2, -0.15) is 0 Å². The molecule has 0 fully saturated rings. The van der Waals surface area contributed by atoms with Crippen molar-refractivity contribution in [2.24, 2.45) is 0 Å². The molecule has 1 heterocycles. The Kier molecular flexibility index (Phi) is 5.64. The predicted octanol–water partition coefficient (Wildman–Crippen LogP) is 2.97. The highest BCUT2D eigenvalue weighted by Crippen LogP contribution is 2.21. The monoisotopic (exact) mass is 345 g/mol. The van der Waals surface area contributed by atoms with Crippen molar-refractivity contribution in [1.29, 1.82) is 0 Å². The molecule has 1 aromatic carbocycles. The fourth-order valence-electron chi connectivity index (χ4n) is 1.68. The maximum Gasteiger partial charge on any atom is 0.175 e. The average molecular weight is 346 g/mol. The van der Waals surface area contributed by atoms with Gasteiger partial charge in [0.2, 0.25) is 0 Å². The zero-order valence-electron chi connectivity index (χ0n) is 11.5. The Balaban J connectivity index is 1.71. The predicted molar refractivity (Wildman–Crippen MR) is 86.1 cm³/mol. The van der Waals surface area contributed by atoms with Crippen molar-refractivity contribution in [3.8, 4) is 5.75 Å². The summed E-state index contributed by atoms with van der Waals surface area (Å²) >= 11 is 7.40. The van der Waals surface area contributed by atoms with E-state index in [0.29, 0.717) is 23.8 Å². The summed E-state index contributed by atoms with van der Waals surface area (Å²) in [7, 11) is -3.15. The zero-order valence-corrected chi connectivity index (χ0v) is 13.9. The summed E-state index contributed by atoms with van der Waals surface area (Å²) in [6.07, 6.45) is 1.18. The quantitative estimate of drug-likeness (QED) is 0.784. The summed E-state index contributed by atoms with van der Waals surface area (Å²) in [6.45, 7) is 1.97. The smallest absolute Gasteiger partial charge is 0.175 e. The number of hydrogen-bond acceptors (Lipinski definition) is 5. The van der Waals surface area contributed by atoms with Gasteiger partial charge in [0.15, 0.2) is 9.84 Å². The topological polar surface area (TPSA) is 55.4 Å². The molecule has 1 aromatic heterocycles. The minimum Gasteiger partial charge on any atom is -0.492 e. The molecule has 0 aliphatic carbocycles. The molecule has 0 spiro atoms. The number of sulfone groups is 1. The molecule has 0 bridgehead atoms. The average Bonchev–Trinajstić information content (AvgIpc) is 2.84. The first-order valence-corrected chi connectivity index (χ1v) is 9.41. The van der Waals surface area contributed by atoms with Crippen molar-refractivity contribution < 1.29 is 13.2 Å². The van der Waals surface area contributed by atoms with E-state index in [1.165, 1.54) is 11.1 Å². The summed E-state index contributed by atoms with van der Waals surface area (Å²) in [4.78, 5) is 1.47. The number of rotatable bonds is 7. The Morgan fingerprint density at radius 2 is 1.90 bits per heavy atom. The van der Waals surface area contributed by atoms with E-state index in [-0.39, 0.29) is 0 Å². The molecule has 21 heavy (non-hydrogen) atoms. The van der Waals surface area contributed by atoms with Crippen molar-refractivity contribution in [2.75, 3.05) is 19.4 Å². The van der Waals surface area contributed by atoms with Crippen LogP contribution in [0.4, 0.5) is 0 Å². The van der Waals surface area contributed by atoms with Crippen molar-refractivity contribution in [3.63, 3.8) is 0 Å². The van der Waals surface area contributed by atoms with Crippen LogP contribution in [-0.2, 0) is 16.4 Å². The van der Waals surface area contributed by atoms with Gasteiger partial charge in [-0.05, 0) is 36.4 Å². The minimum absolute atomic E-state index is 0.294.